The molecule has 0 aromatic rings. The van der Waals surface area contributed by atoms with Gasteiger partial charge in [0.2, 0.25) is 5.91 Å². The molecular weight excluding hydrogens is 302 g/mol. The first-order valence-corrected chi connectivity index (χ1v) is 8.98. The molecule has 124 valence electrons. The average molecular weight is 328 g/mol. The molecule has 1 saturated heterocycles. The van der Waals surface area contributed by atoms with E-state index in [1.807, 2.05) is 0 Å². The molecule has 3 aliphatic rings. The number of nitrogens with zero attached hydrogens (tertiary/aromatic N) is 1. The van der Waals surface area contributed by atoms with E-state index in [1.165, 1.54) is 11.3 Å². The monoisotopic (exact) mass is 327 g/mol. The largest absolute Gasteiger partial charge is 0.445 e. The third-order valence-electron chi connectivity index (χ3n) is 5.71. The third kappa shape index (κ3) is 2.99. The van der Waals surface area contributed by atoms with E-state index < -0.39 is 11.5 Å². The lowest BCUT2D eigenvalue weighted by Gasteiger charge is -2.38. The second-order valence-electron chi connectivity index (χ2n) is 7.76. The van der Waals surface area contributed by atoms with Crippen LogP contribution in [0.5, 0.6) is 0 Å². The summed E-state index contributed by atoms with van der Waals surface area (Å²) in [5.74, 6) is 1.83. The normalized spacial score (nSPS) is 41.3. The summed E-state index contributed by atoms with van der Waals surface area (Å²) in [5, 5.41) is -0.544. The van der Waals surface area contributed by atoms with Crippen molar-refractivity contribution in [2.75, 3.05) is 6.54 Å². The molecule has 4 nitrogen and oxygen atoms in total. The van der Waals surface area contributed by atoms with Crippen LogP contribution in [0.4, 0.5) is 4.79 Å². The van der Waals surface area contributed by atoms with Crippen LogP contribution in [0.3, 0.4) is 0 Å². The number of piperidine rings is 1. The minimum Gasteiger partial charge on any atom is -0.445 e. The summed E-state index contributed by atoms with van der Waals surface area (Å²) in [4.78, 5) is 26.0. The number of ether oxygens (including phenoxy) is 1. The van der Waals surface area contributed by atoms with Crippen molar-refractivity contribution < 1.29 is 14.3 Å². The summed E-state index contributed by atoms with van der Waals surface area (Å²) in [5.41, 5.74) is 0. The Kier molecular flexibility index (Phi) is 4.41. The number of carbonyl (C=O) groups is 2. The fourth-order valence-electron chi connectivity index (χ4n) is 4.10. The van der Waals surface area contributed by atoms with Gasteiger partial charge < -0.3 is 4.74 Å². The van der Waals surface area contributed by atoms with Gasteiger partial charge in [-0.25, -0.2) is 9.69 Å². The first-order valence-electron chi connectivity index (χ1n) is 8.54. The number of hydrogen-bond acceptors (Lipinski definition) is 3. The maximum atomic E-state index is 12.5. The van der Waals surface area contributed by atoms with E-state index in [0.717, 1.165) is 19.3 Å². The number of imide groups is 1. The van der Waals surface area contributed by atoms with E-state index in [2.05, 4.69) is 20.8 Å². The predicted molar refractivity (Wildman–Crippen MR) is 84.6 cm³/mol. The first kappa shape index (κ1) is 16.1. The molecule has 1 heterocycles. The van der Waals surface area contributed by atoms with E-state index >= 15 is 0 Å². The number of hydrogen-bond donors (Lipinski definition) is 0. The Bertz CT molecular complexity index is 467. The molecule has 1 aliphatic heterocycles. The fraction of sp³-hybridized carbons (Fsp3) is 0.882. The molecule has 0 N–H and O–H groups in total. The Hall–Kier alpha value is -0.770. The number of alkyl halides is 1. The van der Waals surface area contributed by atoms with Crippen LogP contribution < -0.4 is 0 Å². The van der Waals surface area contributed by atoms with Crippen LogP contribution in [0.15, 0.2) is 0 Å². The van der Waals surface area contributed by atoms with Crippen molar-refractivity contribution in [2.45, 2.75) is 57.9 Å². The highest BCUT2D eigenvalue weighted by Crippen LogP contribution is 2.48. The second-order valence-corrected chi connectivity index (χ2v) is 8.23. The van der Waals surface area contributed by atoms with Gasteiger partial charge in [0.15, 0.2) is 0 Å². The molecule has 6 unspecified atom stereocenters. The van der Waals surface area contributed by atoms with Crippen molar-refractivity contribution >= 4 is 23.6 Å². The number of halogens is 1. The van der Waals surface area contributed by atoms with E-state index in [0.29, 0.717) is 30.2 Å². The zero-order chi connectivity index (χ0) is 16.0. The average Bonchev–Trinajstić information content (AvgIpc) is 3.22. The highest BCUT2D eigenvalue weighted by atomic mass is 35.5. The second kappa shape index (κ2) is 6.03. The maximum Gasteiger partial charge on any atom is 0.416 e. The Morgan fingerprint density at radius 1 is 1.32 bits per heavy atom. The Labute approximate surface area is 137 Å². The van der Waals surface area contributed by atoms with Crippen molar-refractivity contribution in [3.05, 3.63) is 0 Å². The van der Waals surface area contributed by atoms with Gasteiger partial charge in [-0.2, -0.15) is 0 Å². The van der Waals surface area contributed by atoms with E-state index in [1.54, 1.807) is 0 Å². The van der Waals surface area contributed by atoms with E-state index in [9.17, 15) is 9.59 Å². The van der Waals surface area contributed by atoms with Gasteiger partial charge in [-0.1, -0.05) is 27.2 Å². The van der Waals surface area contributed by atoms with Gasteiger partial charge in [0.1, 0.15) is 11.5 Å². The highest BCUT2D eigenvalue weighted by molar-refractivity contribution is 6.32. The molecule has 2 aliphatic carbocycles. The van der Waals surface area contributed by atoms with Gasteiger partial charge in [-0.3, -0.25) is 4.79 Å². The van der Waals surface area contributed by atoms with Gasteiger partial charge in [0.25, 0.3) is 0 Å². The Balaban J connectivity index is 1.65. The van der Waals surface area contributed by atoms with Gasteiger partial charge in [0, 0.05) is 6.54 Å². The standard InChI is InChI=1S/C17H26ClNO3/c1-9(2)12-5-4-10(3)6-14(12)22-17(21)19-8-11-7-13(11)15(18)16(19)20/h9-15H,4-8H2,1-3H3. The first-order chi connectivity index (χ1) is 10.4. The molecule has 5 heteroatoms. The summed E-state index contributed by atoms with van der Waals surface area (Å²) in [7, 11) is 0. The zero-order valence-electron chi connectivity index (χ0n) is 13.6. The molecule has 0 radical (unpaired) electrons. The smallest absolute Gasteiger partial charge is 0.416 e. The number of likely N-dealkylation sites (tertiary alicyclic amines) is 1. The molecule has 0 spiro atoms. The molecule has 0 bridgehead atoms. The Morgan fingerprint density at radius 2 is 2.05 bits per heavy atom. The van der Waals surface area contributed by atoms with Crippen LogP contribution in [0.2, 0.25) is 0 Å². The van der Waals surface area contributed by atoms with Crippen LogP contribution >= 0.6 is 11.6 Å². The van der Waals surface area contributed by atoms with Crippen LogP contribution in [0.25, 0.3) is 0 Å². The molecule has 2 saturated carbocycles. The number of carbonyl (C=O) groups excluding carboxylic acids is 2. The topological polar surface area (TPSA) is 46.6 Å². The van der Waals surface area contributed by atoms with Crippen molar-refractivity contribution in [1.29, 1.82) is 0 Å². The molecule has 22 heavy (non-hydrogen) atoms. The summed E-state index contributed by atoms with van der Waals surface area (Å²) in [6.07, 6.45) is 3.58. The number of amides is 2. The predicted octanol–water partition coefficient (Wildman–Crippen LogP) is 3.67. The number of fused-ring (bicyclic) bond motifs is 1. The summed E-state index contributed by atoms with van der Waals surface area (Å²) in [6, 6.07) is 0. The van der Waals surface area contributed by atoms with Crippen LogP contribution in [-0.4, -0.2) is 34.9 Å². The fourth-order valence-corrected chi connectivity index (χ4v) is 4.53. The van der Waals surface area contributed by atoms with Crippen LogP contribution in [0.1, 0.15) is 46.5 Å². The highest BCUT2D eigenvalue weighted by Gasteiger charge is 2.53. The Morgan fingerprint density at radius 3 is 2.73 bits per heavy atom. The van der Waals surface area contributed by atoms with Gasteiger partial charge in [0.05, 0.1) is 0 Å². The lowest BCUT2D eigenvalue weighted by molar-refractivity contribution is -0.132. The molecule has 6 atom stereocenters. The van der Waals surface area contributed by atoms with Crippen LogP contribution in [-0.2, 0) is 9.53 Å². The number of rotatable bonds is 2. The molecule has 0 aromatic heterocycles. The summed E-state index contributed by atoms with van der Waals surface area (Å²) >= 11 is 6.14. The zero-order valence-corrected chi connectivity index (χ0v) is 14.4. The molecule has 2 amide bonds. The van der Waals surface area contributed by atoms with Crippen molar-refractivity contribution in [3.8, 4) is 0 Å². The molecule has 3 fully saturated rings. The molecule has 3 rings (SSSR count). The quantitative estimate of drug-likeness (QED) is 0.727. The maximum absolute atomic E-state index is 12.5. The summed E-state index contributed by atoms with van der Waals surface area (Å²) in [6.45, 7) is 7.04. The lowest BCUT2D eigenvalue weighted by Crippen LogP contribution is -2.49. The lowest BCUT2D eigenvalue weighted by atomic mass is 9.75. The van der Waals surface area contributed by atoms with E-state index in [4.69, 9.17) is 16.3 Å². The SMILES string of the molecule is CC1CCC(C(C)C)C(OC(=O)N2CC3CC3C(Cl)C2=O)C1. The van der Waals surface area contributed by atoms with Crippen molar-refractivity contribution in [1.82, 2.24) is 4.90 Å². The van der Waals surface area contributed by atoms with E-state index in [-0.39, 0.29) is 17.9 Å². The van der Waals surface area contributed by atoms with Crippen molar-refractivity contribution in [2.24, 2.45) is 29.6 Å². The van der Waals surface area contributed by atoms with Gasteiger partial charge >= 0.3 is 6.09 Å². The minimum absolute atomic E-state index is 0.0743. The van der Waals surface area contributed by atoms with Crippen LogP contribution in [0, 0.1) is 29.6 Å². The summed E-state index contributed by atoms with van der Waals surface area (Å²) < 4.78 is 5.77. The molecule has 0 aromatic carbocycles. The van der Waals surface area contributed by atoms with Gasteiger partial charge in [-0.15, -0.1) is 11.6 Å². The minimum atomic E-state index is -0.544. The molecular formula is C17H26ClNO3. The third-order valence-corrected chi connectivity index (χ3v) is 6.22. The van der Waals surface area contributed by atoms with Gasteiger partial charge in [-0.05, 0) is 48.9 Å². The van der Waals surface area contributed by atoms with Crippen molar-refractivity contribution in [3.63, 3.8) is 0 Å².